The number of esters is 1. The predicted octanol–water partition coefficient (Wildman–Crippen LogP) is 14.3. The summed E-state index contributed by atoms with van der Waals surface area (Å²) >= 11 is 0. The molecule has 5 aromatic carbocycles. The topological polar surface area (TPSA) is 137 Å². The number of ether oxygens (including phenoxy) is 9. The number of benzene rings is 5. The van der Waals surface area contributed by atoms with E-state index in [2.05, 4.69) is 19.1 Å². The van der Waals surface area contributed by atoms with Crippen LogP contribution in [-0.2, 0) is 80.5 Å². The fourth-order valence-electron chi connectivity index (χ4n) is 9.89. The minimum Gasteiger partial charge on any atom is -0.497 e. The number of aliphatic carboxylic acids is 1. The zero-order valence-electron chi connectivity index (χ0n) is 46.7. The van der Waals surface area contributed by atoms with E-state index in [0.29, 0.717) is 33.0 Å². The SMILES string of the molecule is COc1ccc(CO[C@H](CCCCCCCCCCC[C@@H](CCCCC[C@@H](C)OCc2ccccc2)O[C@@H]2O[C@H](COC(C)=O)[C@@H](OCc3ccccc3)[C@H](OCc3ccccc3)[C@H]2OCc2ccccc2)CC(=O)O)cc1. The molecule has 1 aliphatic rings. The van der Waals surface area contributed by atoms with Crippen molar-refractivity contribution in [3.63, 3.8) is 0 Å². The Kier molecular flexibility index (Phi) is 29.0. The van der Waals surface area contributed by atoms with Crippen LogP contribution in [0.25, 0.3) is 0 Å². The molecule has 1 heterocycles. The van der Waals surface area contributed by atoms with Crippen molar-refractivity contribution in [1.29, 1.82) is 0 Å². The molecule has 0 aliphatic carbocycles. The van der Waals surface area contributed by atoms with Gasteiger partial charge >= 0.3 is 11.9 Å². The minimum atomic E-state index is -0.845. The van der Waals surface area contributed by atoms with Gasteiger partial charge in [-0.15, -0.1) is 0 Å². The molecule has 5 aromatic rings. The quantitative estimate of drug-likeness (QED) is 0.0295. The fraction of sp³-hybridized carbons (Fsp3) is 0.515. The Labute approximate surface area is 465 Å². The monoisotopic (exact) mass is 1070 g/mol. The number of carboxylic acids is 1. The third-order valence-electron chi connectivity index (χ3n) is 14.3. The number of rotatable bonds is 40. The second-order valence-corrected chi connectivity index (χ2v) is 20.8. The summed E-state index contributed by atoms with van der Waals surface area (Å²) in [6, 6.07) is 48.2. The van der Waals surface area contributed by atoms with Crippen LogP contribution in [0.15, 0.2) is 146 Å². The fourth-order valence-corrected chi connectivity index (χ4v) is 9.89. The smallest absolute Gasteiger partial charge is 0.305 e. The van der Waals surface area contributed by atoms with Crippen LogP contribution in [0.5, 0.6) is 5.75 Å². The molecule has 424 valence electrons. The third kappa shape index (κ3) is 24.3. The highest BCUT2D eigenvalue weighted by Gasteiger charge is 2.50. The molecule has 6 rings (SSSR count). The Morgan fingerprint density at radius 3 is 1.38 bits per heavy atom. The van der Waals surface area contributed by atoms with Gasteiger partial charge in [-0.1, -0.05) is 211 Å². The highest BCUT2D eigenvalue weighted by atomic mass is 16.7. The maximum Gasteiger partial charge on any atom is 0.305 e. The lowest BCUT2D eigenvalue weighted by Gasteiger charge is -2.46. The summed E-state index contributed by atoms with van der Waals surface area (Å²) in [5, 5.41) is 9.52. The van der Waals surface area contributed by atoms with Gasteiger partial charge in [0.15, 0.2) is 6.29 Å². The van der Waals surface area contributed by atoms with Crippen molar-refractivity contribution in [3.8, 4) is 5.75 Å². The number of hydrogen-bond acceptors (Lipinski definition) is 11. The standard InChI is InChI=1S/C66H88O12/c1-51(71-45-53-29-17-12-18-30-53)28-16-11-27-38-59(37-25-9-7-5-4-6-8-10-26-39-60(44-62(68)69)73-46-57-40-42-58(70-3)43-41-57)77-66-65(76-49-56-35-23-15-24-36-56)64(75-48-55-33-21-14-22-34-55)63(61(78-66)50-72-52(2)67)74-47-54-31-19-13-20-32-54/h12-15,17-24,29-36,40-43,51,59-61,63-66H,4-11,16,25-28,37-39,44-50H2,1-3H3,(H,68,69)/t51-,59+,60-,61-,63-,64+,65-,66-/m1/s1. The minimum absolute atomic E-state index is 0.00748. The molecule has 0 bridgehead atoms. The molecule has 78 heavy (non-hydrogen) atoms. The second kappa shape index (κ2) is 36.7. The van der Waals surface area contributed by atoms with Crippen molar-refractivity contribution >= 4 is 11.9 Å². The Morgan fingerprint density at radius 2 is 0.897 bits per heavy atom. The van der Waals surface area contributed by atoms with Crippen molar-refractivity contribution in [2.24, 2.45) is 0 Å². The molecule has 1 aliphatic heterocycles. The van der Waals surface area contributed by atoms with E-state index in [-0.39, 0.29) is 31.3 Å². The van der Waals surface area contributed by atoms with Crippen LogP contribution in [-0.4, -0.2) is 79.8 Å². The normalized spacial score (nSPS) is 18.5. The summed E-state index contributed by atoms with van der Waals surface area (Å²) in [6.45, 7) is 5.43. The van der Waals surface area contributed by atoms with Crippen molar-refractivity contribution in [2.45, 2.75) is 205 Å². The second-order valence-electron chi connectivity index (χ2n) is 20.8. The number of carbonyl (C=O) groups is 2. The summed E-state index contributed by atoms with van der Waals surface area (Å²) in [5.41, 5.74) is 5.19. The number of unbranched alkanes of at least 4 members (excludes halogenated alkanes) is 10. The Hall–Kier alpha value is -5.44. The summed E-state index contributed by atoms with van der Waals surface area (Å²) in [6.07, 6.45) is 12.5. The van der Waals surface area contributed by atoms with E-state index in [9.17, 15) is 14.7 Å². The summed E-state index contributed by atoms with van der Waals surface area (Å²) in [4.78, 5) is 24.0. The summed E-state index contributed by atoms with van der Waals surface area (Å²) in [5.74, 6) is -0.463. The van der Waals surface area contributed by atoms with Gasteiger partial charge in [0.25, 0.3) is 0 Å². The lowest BCUT2D eigenvalue weighted by molar-refractivity contribution is -0.335. The highest BCUT2D eigenvalue weighted by molar-refractivity contribution is 5.67. The lowest BCUT2D eigenvalue weighted by Crippen LogP contribution is -2.62. The van der Waals surface area contributed by atoms with Gasteiger partial charge in [0.2, 0.25) is 0 Å². The van der Waals surface area contributed by atoms with E-state index in [0.717, 1.165) is 131 Å². The van der Waals surface area contributed by atoms with Gasteiger partial charge < -0.3 is 47.7 Å². The number of carbonyl (C=O) groups excluding carboxylic acids is 1. The predicted molar refractivity (Wildman–Crippen MR) is 304 cm³/mol. The number of methoxy groups -OCH3 is 1. The van der Waals surface area contributed by atoms with E-state index >= 15 is 0 Å². The number of carboxylic acid groups (broad SMARTS) is 1. The van der Waals surface area contributed by atoms with E-state index in [1.807, 2.05) is 133 Å². The molecule has 12 nitrogen and oxygen atoms in total. The first-order valence-corrected chi connectivity index (χ1v) is 28.7. The van der Waals surface area contributed by atoms with Gasteiger partial charge in [-0.3, -0.25) is 9.59 Å². The van der Waals surface area contributed by atoms with Crippen molar-refractivity contribution in [1.82, 2.24) is 0 Å². The van der Waals surface area contributed by atoms with Gasteiger partial charge in [-0.05, 0) is 72.6 Å². The first kappa shape index (κ1) is 61.8. The van der Waals surface area contributed by atoms with E-state index in [1.54, 1.807) is 7.11 Å². The summed E-state index contributed by atoms with van der Waals surface area (Å²) in [7, 11) is 1.64. The first-order chi connectivity index (χ1) is 38.2. The van der Waals surface area contributed by atoms with Crippen LogP contribution < -0.4 is 4.74 Å². The molecular weight excluding hydrogens is 985 g/mol. The Balaban J connectivity index is 1.08. The van der Waals surface area contributed by atoms with E-state index in [4.69, 9.17) is 42.6 Å². The van der Waals surface area contributed by atoms with Crippen LogP contribution >= 0.6 is 0 Å². The van der Waals surface area contributed by atoms with Crippen LogP contribution in [0.1, 0.15) is 151 Å². The van der Waals surface area contributed by atoms with Crippen molar-refractivity contribution in [2.75, 3.05) is 13.7 Å². The first-order valence-electron chi connectivity index (χ1n) is 28.7. The van der Waals surface area contributed by atoms with E-state index in [1.165, 1.54) is 12.5 Å². The van der Waals surface area contributed by atoms with Gasteiger partial charge in [0.05, 0.1) is 64.9 Å². The van der Waals surface area contributed by atoms with Crippen LogP contribution in [0, 0.1) is 0 Å². The van der Waals surface area contributed by atoms with Crippen LogP contribution in [0.4, 0.5) is 0 Å². The Morgan fingerprint density at radius 1 is 0.487 bits per heavy atom. The van der Waals surface area contributed by atoms with E-state index < -0.39 is 42.6 Å². The van der Waals surface area contributed by atoms with Gasteiger partial charge in [0.1, 0.15) is 36.8 Å². The maximum absolute atomic E-state index is 12.4. The van der Waals surface area contributed by atoms with Gasteiger partial charge in [0, 0.05) is 6.92 Å². The van der Waals surface area contributed by atoms with Crippen LogP contribution in [0.3, 0.4) is 0 Å². The molecular formula is C66H88O12. The molecule has 0 amide bonds. The average molecular weight is 1070 g/mol. The molecule has 0 radical (unpaired) electrons. The molecule has 0 unspecified atom stereocenters. The molecule has 1 N–H and O–H groups in total. The molecule has 12 heteroatoms. The molecule has 1 fully saturated rings. The third-order valence-corrected chi connectivity index (χ3v) is 14.3. The van der Waals surface area contributed by atoms with Crippen LogP contribution in [0.2, 0.25) is 0 Å². The largest absolute Gasteiger partial charge is 0.497 e. The molecule has 1 saturated heterocycles. The molecule has 0 spiro atoms. The summed E-state index contributed by atoms with van der Waals surface area (Å²) < 4.78 is 58.0. The molecule has 0 saturated carbocycles. The van der Waals surface area contributed by atoms with Crippen molar-refractivity contribution in [3.05, 3.63) is 173 Å². The average Bonchev–Trinajstić information content (AvgIpc) is 3.51. The molecule has 8 atom stereocenters. The zero-order valence-corrected chi connectivity index (χ0v) is 46.7. The highest BCUT2D eigenvalue weighted by Crippen LogP contribution is 2.34. The number of hydrogen-bond donors (Lipinski definition) is 1. The van der Waals surface area contributed by atoms with Gasteiger partial charge in [-0.2, -0.15) is 0 Å². The maximum atomic E-state index is 12.4. The van der Waals surface area contributed by atoms with Gasteiger partial charge in [-0.25, -0.2) is 0 Å². The Bertz CT molecular complexity index is 2320. The van der Waals surface area contributed by atoms with Crippen molar-refractivity contribution < 1.29 is 57.3 Å². The zero-order chi connectivity index (χ0) is 54.8. The lowest BCUT2D eigenvalue weighted by atomic mass is 9.97. The molecule has 0 aromatic heterocycles.